The predicted molar refractivity (Wildman–Crippen MR) is 134 cm³/mol. The molecule has 2 unspecified atom stereocenters. The third kappa shape index (κ3) is 4.56. The number of halogens is 1. The second-order valence-electron chi connectivity index (χ2n) is 11.3. The number of fused-ring (bicyclic) bond motifs is 2. The fourth-order valence-electron chi connectivity index (χ4n) is 6.51. The summed E-state index contributed by atoms with van der Waals surface area (Å²) in [6.07, 6.45) is 5.88. The Bertz CT molecular complexity index is 1210. The maximum atomic E-state index is 13.1. The molecule has 2 atom stereocenters. The smallest absolute Gasteiger partial charge is 0.265 e. The summed E-state index contributed by atoms with van der Waals surface area (Å²) in [5.74, 6) is 0.824. The van der Waals surface area contributed by atoms with Gasteiger partial charge in [-0.25, -0.2) is 4.98 Å². The van der Waals surface area contributed by atoms with Crippen molar-refractivity contribution >= 4 is 35.1 Å². The van der Waals surface area contributed by atoms with Gasteiger partial charge in [0.05, 0.1) is 5.02 Å². The van der Waals surface area contributed by atoms with E-state index in [1.54, 1.807) is 25.3 Å². The van der Waals surface area contributed by atoms with Crippen LogP contribution in [0.4, 0.5) is 5.82 Å². The molecule has 0 spiro atoms. The number of carbonyl (C=O) groups is 3. The summed E-state index contributed by atoms with van der Waals surface area (Å²) in [5, 5.41) is 6.47. The average Bonchev–Trinajstić information content (AvgIpc) is 3.46. The molecule has 2 aromatic rings. The number of rotatable bonds is 5. The molecule has 4 N–H and O–H groups in total. The second kappa shape index (κ2) is 8.66. The number of hydrogen-bond donors (Lipinski definition) is 3. The summed E-state index contributed by atoms with van der Waals surface area (Å²) >= 11 is 6.54. The summed E-state index contributed by atoms with van der Waals surface area (Å²) in [4.78, 5) is 40.9. The van der Waals surface area contributed by atoms with Gasteiger partial charge in [0.1, 0.15) is 11.5 Å². The van der Waals surface area contributed by atoms with Gasteiger partial charge in [-0.15, -0.1) is 0 Å². The molecular weight excluding hydrogens is 466 g/mol. The second-order valence-corrected chi connectivity index (χ2v) is 11.7. The normalized spacial score (nSPS) is 26.3. The molecule has 2 aromatic heterocycles. The van der Waals surface area contributed by atoms with Crippen molar-refractivity contribution in [3.8, 4) is 11.1 Å². The first-order chi connectivity index (χ1) is 16.5. The minimum Gasteiger partial charge on any atom is -0.364 e. The van der Waals surface area contributed by atoms with Gasteiger partial charge >= 0.3 is 0 Å². The Morgan fingerprint density at radius 2 is 1.80 bits per heavy atom. The van der Waals surface area contributed by atoms with Crippen LogP contribution in [-0.2, 0) is 22.6 Å². The Balaban J connectivity index is 1.33. The molecule has 1 aliphatic heterocycles. The number of primary amides is 1. The Morgan fingerprint density at radius 1 is 1.11 bits per heavy atom. The van der Waals surface area contributed by atoms with Crippen LogP contribution in [0.25, 0.3) is 11.1 Å². The lowest BCUT2D eigenvalue weighted by atomic mass is 9.89. The van der Waals surface area contributed by atoms with Crippen LogP contribution in [0.2, 0.25) is 5.02 Å². The van der Waals surface area contributed by atoms with Gasteiger partial charge in [-0.2, -0.15) is 0 Å². The third-order valence-corrected chi connectivity index (χ3v) is 8.19. The molecule has 9 heteroatoms. The van der Waals surface area contributed by atoms with Crippen LogP contribution in [-0.4, -0.2) is 33.3 Å². The minimum absolute atomic E-state index is 0.00554. The topological polar surface area (TPSA) is 119 Å². The number of aromatic nitrogens is 2. The molecule has 3 aliphatic rings. The molecule has 8 nitrogen and oxygen atoms in total. The Kier molecular flexibility index (Phi) is 5.90. The molecule has 3 heterocycles. The molecule has 0 saturated heterocycles. The van der Waals surface area contributed by atoms with E-state index < -0.39 is 5.91 Å². The van der Waals surface area contributed by atoms with Crippen molar-refractivity contribution in [3.05, 3.63) is 34.7 Å². The highest BCUT2D eigenvalue weighted by atomic mass is 35.5. The number of pyridine rings is 1. The van der Waals surface area contributed by atoms with Crippen LogP contribution < -0.4 is 16.4 Å². The van der Waals surface area contributed by atoms with E-state index in [0.29, 0.717) is 34.9 Å². The van der Waals surface area contributed by atoms with Crippen molar-refractivity contribution in [2.75, 3.05) is 5.32 Å². The van der Waals surface area contributed by atoms with Gasteiger partial charge in [0.25, 0.3) is 5.91 Å². The number of hydrogen-bond acceptors (Lipinski definition) is 4. The first-order valence-electron chi connectivity index (χ1n) is 12.3. The van der Waals surface area contributed by atoms with E-state index >= 15 is 0 Å². The highest BCUT2D eigenvalue weighted by Crippen LogP contribution is 2.47. The van der Waals surface area contributed by atoms with Gasteiger partial charge in [-0.3, -0.25) is 14.4 Å². The van der Waals surface area contributed by atoms with Crippen LogP contribution in [0.3, 0.4) is 0 Å². The lowest BCUT2D eigenvalue weighted by Gasteiger charge is -2.16. The first-order valence-corrected chi connectivity index (χ1v) is 12.6. The number of nitrogens with zero attached hydrogens (tertiary/aromatic N) is 2. The van der Waals surface area contributed by atoms with Crippen LogP contribution in [0.5, 0.6) is 0 Å². The zero-order chi connectivity index (χ0) is 25.1. The molecule has 0 radical (unpaired) electrons. The molecule has 186 valence electrons. The monoisotopic (exact) mass is 497 g/mol. The summed E-state index contributed by atoms with van der Waals surface area (Å²) in [6, 6.07) is 3.81. The standard InChI is InChI=1S/C26H32ClN5O3/c1-13(33)30-17-6-14-4-16(5-15(14)7-17)25(35)31-23-9-18(20(27)11-29-23)19-8-21(24(28)34)32-12-26(2,3)10-22(19)32/h8-9,11,14-17H,4-7,10,12H2,1-3H3,(H2,28,34)(H,30,33)(H,29,31,35). The molecule has 0 aromatic carbocycles. The van der Waals surface area contributed by atoms with Crippen LogP contribution >= 0.6 is 11.6 Å². The molecule has 5 rings (SSSR count). The van der Waals surface area contributed by atoms with Gasteiger partial charge in [0, 0.05) is 48.4 Å². The number of amides is 3. The van der Waals surface area contributed by atoms with Gasteiger partial charge in [-0.05, 0) is 61.5 Å². The quantitative estimate of drug-likeness (QED) is 0.582. The van der Waals surface area contributed by atoms with E-state index in [-0.39, 0.29) is 29.2 Å². The van der Waals surface area contributed by atoms with E-state index in [1.165, 1.54) is 0 Å². The molecular formula is C26H32ClN5O3. The van der Waals surface area contributed by atoms with Crippen molar-refractivity contribution < 1.29 is 14.4 Å². The average molecular weight is 498 g/mol. The zero-order valence-corrected chi connectivity index (χ0v) is 21.1. The van der Waals surface area contributed by atoms with E-state index in [2.05, 4.69) is 29.5 Å². The van der Waals surface area contributed by atoms with Crippen molar-refractivity contribution in [1.29, 1.82) is 0 Å². The van der Waals surface area contributed by atoms with Crippen molar-refractivity contribution in [1.82, 2.24) is 14.9 Å². The number of nitrogens with one attached hydrogen (secondary N) is 2. The predicted octanol–water partition coefficient (Wildman–Crippen LogP) is 3.76. The molecule has 0 bridgehead atoms. The molecule has 35 heavy (non-hydrogen) atoms. The van der Waals surface area contributed by atoms with Crippen LogP contribution in [0.1, 0.15) is 62.6 Å². The number of nitrogens with two attached hydrogens (primary N) is 1. The largest absolute Gasteiger partial charge is 0.364 e. The fraction of sp³-hybridized carbons (Fsp3) is 0.538. The van der Waals surface area contributed by atoms with Crippen molar-refractivity contribution in [2.24, 2.45) is 28.9 Å². The molecule has 3 amide bonds. The van der Waals surface area contributed by atoms with Gasteiger partial charge < -0.3 is 20.9 Å². The van der Waals surface area contributed by atoms with E-state index in [4.69, 9.17) is 17.3 Å². The Labute approximate surface area is 210 Å². The number of carbonyl (C=O) groups excluding carboxylic acids is 3. The Hall–Kier alpha value is -2.87. The summed E-state index contributed by atoms with van der Waals surface area (Å²) < 4.78 is 1.98. The van der Waals surface area contributed by atoms with Crippen molar-refractivity contribution in [2.45, 2.75) is 65.5 Å². The molecule has 2 fully saturated rings. The zero-order valence-electron chi connectivity index (χ0n) is 20.4. The van der Waals surface area contributed by atoms with E-state index in [9.17, 15) is 14.4 Å². The van der Waals surface area contributed by atoms with Gasteiger partial charge in [0.15, 0.2) is 0 Å². The fourth-order valence-corrected chi connectivity index (χ4v) is 6.72. The summed E-state index contributed by atoms with van der Waals surface area (Å²) in [5.41, 5.74) is 8.73. The van der Waals surface area contributed by atoms with Gasteiger partial charge in [-0.1, -0.05) is 25.4 Å². The highest BCUT2D eigenvalue weighted by molar-refractivity contribution is 6.33. The van der Waals surface area contributed by atoms with E-state index in [0.717, 1.165) is 48.9 Å². The molecule has 2 saturated carbocycles. The van der Waals surface area contributed by atoms with E-state index in [1.807, 2.05) is 4.57 Å². The molecule has 2 aliphatic carbocycles. The Morgan fingerprint density at radius 3 is 2.43 bits per heavy atom. The first kappa shape index (κ1) is 23.9. The minimum atomic E-state index is -0.471. The maximum Gasteiger partial charge on any atom is 0.265 e. The summed E-state index contributed by atoms with van der Waals surface area (Å²) in [7, 11) is 0. The highest BCUT2D eigenvalue weighted by Gasteiger charge is 2.44. The van der Waals surface area contributed by atoms with Crippen LogP contribution in [0, 0.1) is 23.2 Å². The lowest BCUT2D eigenvalue weighted by Crippen LogP contribution is -2.31. The van der Waals surface area contributed by atoms with Gasteiger partial charge in [0.2, 0.25) is 11.8 Å². The van der Waals surface area contributed by atoms with Crippen molar-refractivity contribution in [3.63, 3.8) is 0 Å². The van der Waals surface area contributed by atoms with Crippen LogP contribution in [0.15, 0.2) is 18.3 Å². The third-order valence-electron chi connectivity index (χ3n) is 7.88. The SMILES string of the molecule is CC(=O)NC1CC2CC(C(=O)Nc3cc(-c4cc(C(N)=O)n5c4CC(C)(C)C5)c(Cl)cn3)CC2C1. The lowest BCUT2D eigenvalue weighted by molar-refractivity contribution is -0.121. The summed E-state index contributed by atoms with van der Waals surface area (Å²) in [6.45, 7) is 6.57. The maximum absolute atomic E-state index is 13.1. The number of anilines is 1.